The normalized spacial score (nSPS) is 11.6. The first-order valence-corrected chi connectivity index (χ1v) is 9.27. The minimum atomic E-state index is 0.563. The molecule has 0 aliphatic heterocycles. The lowest BCUT2D eigenvalue weighted by Gasteiger charge is -2.28. The highest BCUT2D eigenvalue weighted by atomic mass is 15.1. The van der Waals surface area contributed by atoms with Gasteiger partial charge in [-0.15, -0.1) is 0 Å². The molecule has 0 amide bonds. The minimum Gasteiger partial charge on any atom is -0.372 e. The maximum absolute atomic E-state index is 4.19. The van der Waals surface area contributed by atoms with Gasteiger partial charge >= 0.3 is 0 Å². The Labute approximate surface area is 148 Å². The van der Waals surface area contributed by atoms with Gasteiger partial charge in [0.1, 0.15) is 0 Å². The van der Waals surface area contributed by atoms with Crippen LogP contribution >= 0.6 is 0 Å². The number of hydrogen-bond acceptors (Lipinski definition) is 2. The molecule has 1 unspecified atom stereocenters. The standard InChI is InChI=1S/C20H28N2.C2H6/c1-16(2)13-17(3)22(4)20-9-5-7-18(14-20)10-11-19-8-6-12-21-15-19;1-2/h5-9,12,14-17H,10-11,13H2,1-4H3;1-2H3. The van der Waals surface area contributed by atoms with Gasteiger partial charge in [0, 0.05) is 31.2 Å². The lowest BCUT2D eigenvalue weighted by Crippen LogP contribution is -2.30. The molecule has 0 bridgehead atoms. The van der Waals surface area contributed by atoms with Crippen LogP contribution in [0.2, 0.25) is 0 Å². The SMILES string of the molecule is CC.CC(C)CC(C)N(C)c1cccc(CCc2cccnc2)c1. The molecule has 0 saturated carbocycles. The predicted octanol–water partition coefficient (Wildman–Crippen LogP) is 5.76. The summed E-state index contributed by atoms with van der Waals surface area (Å²) in [5.41, 5.74) is 4.01. The van der Waals surface area contributed by atoms with E-state index in [4.69, 9.17) is 0 Å². The van der Waals surface area contributed by atoms with Crippen molar-refractivity contribution in [3.05, 3.63) is 59.9 Å². The Kier molecular flexibility index (Phi) is 9.14. The molecule has 24 heavy (non-hydrogen) atoms. The van der Waals surface area contributed by atoms with Crippen molar-refractivity contribution in [3.63, 3.8) is 0 Å². The summed E-state index contributed by atoms with van der Waals surface area (Å²) in [5.74, 6) is 0.728. The zero-order chi connectivity index (χ0) is 17.9. The second-order valence-electron chi connectivity index (χ2n) is 6.62. The van der Waals surface area contributed by atoms with Gasteiger partial charge in [0.05, 0.1) is 0 Å². The van der Waals surface area contributed by atoms with Gasteiger partial charge in [-0.2, -0.15) is 0 Å². The molecule has 2 nitrogen and oxygen atoms in total. The molecule has 1 aromatic heterocycles. The first kappa shape index (κ1) is 20.2. The lowest BCUT2D eigenvalue weighted by atomic mass is 10.0. The van der Waals surface area contributed by atoms with Crippen molar-refractivity contribution >= 4 is 5.69 Å². The van der Waals surface area contributed by atoms with Crippen molar-refractivity contribution in [2.24, 2.45) is 5.92 Å². The van der Waals surface area contributed by atoms with Crippen LogP contribution in [0.4, 0.5) is 5.69 Å². The molecule has 2 heteroatoms. The van der Waals surface area contributed by atoms with Crippen molar-refractivity contribution < 1.29 is 0 Å². The lowest BCUT2D eigenvalue weighted by molar-refractivity contribution is 0.504. The van der Waals surface area contributed by atoms with E-state index < -0.39 is 0 Å². The van der Waals surface area contributed by atoms with Crippen LogP contribution in [0.1, 0.15) is 52.2 Å². The molecule has 0 fully saturated rings. The molecule has 2 aromatic rings. The topological polar surface area (TPSA) is 16.1 Å². The van der Waals surface area contributed by atoms with E-state index in [0.717, 1.165) is 18.8 Å². The van der Waals surface area contributed by atoms with Gasteiger partial charge in [0.25, 0.3) is 0 Å². The zero-order valence-corrected chi connectivity index (χ0v) is 16.3. The third kappa shape index (κ3) is 6.74. The van der Waals surface area contributed by atoms with E-state index in [1.165, 1.54) is 23.2 Å². The molecule has 0 aliphatic rings. The number of hydrogen-bond donors (Lipinski definition) is 0. The fraction of sp³-hybridized carbons (Fsp3) is 0.500. The summed E-state index contributed by atoms with van der Waals surface area (Å²) in [6.07, 6.45) is 7.11. The third-order valence-electron chi connectivity index (χ3n) is 4.22. The van der Waals surface area contributed by atoms with E-state index in [2.05, 4.69) is 68.0 Å². The van der Waals surface area contributed by atoms with Crippen LogP contribution in [-0.4, -0.2) is 18.1 Å². The van der Waals surface area contributed by atoms with E-state index in [1.807, 2.05) is 32.3 Å². The molecule has 1 heterocycles. The number of anilines is 1. The maximum Gasteiger partial charge on any atom is 0.0368 e. The van der Waals surface area contributed by atoms with Gasteiger partial charge < -0.3 is 4.90 Å². The van der Waals surface area contributed by atoms with E-state index >= 15 is 0 Å². The van der Waals surface area contributed by atoms with Crippen LogP contribution in [0, 0.1) is 5.92 Å². The first-order valence-electron chi connectivity index (χ1n) is 9.27. The van der Waals surface area contributed by atoms with E-state index in [-0.39, 0.29) is 0 Å². The molecular weight excluding hydrogens is 292 g/mol. The third-order valence-corrected chi connectivity index (χ3v) is 4.22. The number of rotatable bonds is 7. The summed E-state index contributed by atoms with van der Waals surface area (Å²) in [5, 5.41) is 0. The number of aromatic nitrogens is 1. The van der Waals surface area contributed by atoms with Crippen molar-refractivity contribution in [2.75, 3.05) is 11.9 Å². The fourth-order valence-electron chi connectivity index (χ4n) is 2.86. The number of nitrogens with zero attached hydrogens (tertiary/aromatic N) is 2. The van der Waals surface area contributed by atoms with Gasteiger partial charge in [-0.3, -0.25) is 4.98 Å². The van der Waals surface area contributed by atoms with E-state index in [9.17, 15) is 0 Å². The Hall–Kier alpha value is -1.83. The molecule has 2 rings (SSSR count). The van der Waals surface area contributed by atoms with Crippen LogP contribution in [0.15, 0.2) is 48.8 Å². The molecule has 1 aromatic carbocycles. The highest BCUT2D eigenvalue weighted by molar-refractivity contribution is 5.48. The van der Waals surface area contributed by atoms with Gasteiger partial charge in [0.2, 0.25) is 0 Å². The quantitative estimate of drug-likeness (QED) is 0.642. The Morgan fingerprint density at radius 1 is 0.958 bits per heavy atom. The average Bonchev–Trinajstić information content (AvgIpc) is 2.61. The molecule has 0 radical (unpaired) electrons. The number of aryl methyl sites for hydroxylation is 2. The van der Waals surface area contributed by atoms with Crippen molar-refractivity contribution in [2.45, 2.75) is 59.9 Å². The predicted molar refractivity (Wildman–Crippen MR) is 107 cm³/mol. The summed E-state index contributed by atoms with van der Waals surface area (Å²) in [6, 6.07) is 13.7. The molecule has 132 valence electrons. The Morgan fingerprint density at radius 3 is 2.25 bits per heavy atom. The van der Waals surface area contributed by atoms with Gasteiger partial charge in [-0.05, 0) is 61.4 Å². The first-order chi connectivity index (χ1) is 11.6. The molecule has 1 atom stereocenters. The minimum absolute atomic E-state index is 0.563. The smallest absolute Gasteiger partial charge is 0.0368 e. The van der Waals surface area contributed by atoms with Crippen LogP contribution in [-0.2, 0) is 12.8 Å². The van der Waals surface area contributed by atoms with Crippen LogP contribution < -0.4 is 4.90 Å². The maximum atomic E-state index is 4.19. The largest absolute Gasteiger partial charge is 0.372 e. The van der Waals surface area contributed by atoms with Crippen molar-refractivity contribution in [1.29, 1.82) is 0 Å². The van der Waals surface area contributed by atoms with Crippen LogP contribution in [0.25, 0.3) is 0 Å². The van der Waals surface area contributed by atoms with E-state index in [0.29, 0.717) is 6.04 Å². The van der Waals surface area contributed by atoms with Crippen LogP contribution in [0.5, 0.6) is 0 Å². The van der Waals surface area contributed by atoms with Gasteiger partial charge in [0.15, 0.2) is 0 Å². The summed E-state index contributed by atoms with van der Waals surface area (Å²) in [7, 11) is 2.20. The fourth-order valence-corrected chi connectivity index (χ4v) is 2.86. The highest BCUT2D eigenvalue weighted by Crippen LogP contribution is 2.21. The Bertz CT molecular complexity index is 563. The van der Waals surface area contributed by atoms with Gasteiger partial charge in [-0.1, -0.05) is 45.9 Å². The van der Waals surface area contributed by atoms with Gasteiger partial charge in [-0.25, -0.2) is 0 Å². The average molecular weight is 327 g/mol. The van der Waals surface area contributed by atoms with Crippen LogP contribution in [0.3, 0.4) is 0 Å². The number of benzene rings is 1. The molecule has 0 saturated heterocycles. The zero-order valence-electron chi connectivity index (χ0n) is 16.3. The Morgan fingerprint density at radius 2 is 1.62 bits per heavy atom. The monoisotopic (exact) mass is 326 g/mol. The summed E-state index contributed by atoms with van der Waals surface area (Å²) in [4.78, 5) is 6.58. The summed E-state index contributed by atoms with van der Waals surface area (Å²) < 4.78 is 0. The highest BCUT2D eigenvalue weighted by Gasteiger charge is 2.12. The summed E-state index contributed by atoms with van der Waals surface area (Å²) >= 11 is 0. The molecule has 0 aliphatic carbocycles. The van der Waals surface area contributed by atoms with Crippen molar-refractivity contribution in [1.82, 2.24) is 4.98 Å². The summed E-state index contributed by atoms with van der Waals surface area (Å²) in [6.45, 7) is 10.9. The molecular formula is C22H34N2. The second-order valence-corrected chi connectivity index (χ2v) is 6.62. The second kappa shape index (κ2) is 10.9. The number of pyridine rings is 1. The van der Waals surface area contributed by atoms with Crippen molar-refractivity contribution in [3.8, 4) is 0 Å². The molecule has 0 spiro atoms. The Balaban J connectivity index is 0.00000139. The molecule has 0 N–H and O–H groups in total. The van der Waals surface area contributed by atoms with E-state index in [1.54, 1.807) is 0 Å².